The third kappa shape index (κ3) is 3.86. The second-order valence-corrected chi connectivity index (χ2v) is 6.38. The molecule has 0 bridgehead atoms. The van der Waals surface area contributed by atoms with Crippen LogP contribution in [0.2, 0.25) is 0 Å². The van der Waals surface area contributed by atoms with Crippen LogP contribution < -0.4 is 16.8 Å². The Bertz CT molecular complexity index is 634. The van der Waals surface area contributed by atoms with E-state index in [1.807, 2.05) is 0 Å². The van der Waals surface area contributed by atoms with Crippen molar-refractivity contribution in [3.63, 3.8) is 0 Å². The first kappa shape index (κ1) is 14.2. The maximum atomic E-state index is 5.73. The molecule has 1 heterocycles. The van der Waals surface area contributed by atoms with Gasteiger partial charge in [0, 0.05) is 23.5 Å². The van der Waals surface area contributed by atoms with E-state index in [4.69, 9.17) is 11.5 Å². The van der Waals surface area contributed by atoms with Crippen molar-refractivity contribution in [2.45, 2.75) is 42.4 Å². The van der Waals surface area contributed by atoms with Crippen molar-refractivity contribution >= 4 is 23.4 Å². The molecule has 2 aromatic rings. The molecule has 1 fully saturated rings. The van der Waals surface area contributed by atoms with Crippen molar-refractivity contribution in [1.29, 1.82) is 0 Å². The van der Waals surface area contributed by atoms with Gasteiger partial charge in [-0.3, -0.25) is 0 Å². The Morgan fingerprint density at radius 1 is 1.19 bits per heavy atom. The molecule has 0 amide bonds. The molecule has 3 rings (SSSR count). The normalized spacial score (nSPS) is 14.3. The van der Waals surface area contributed by atoms with Crippen molar-refractivity contribution < 1.29 is 0 Å². The predicted molar refractivity (Wildman–Crippen MR) is 86.0 cm³/mol. The first-order chi connectivity index (χ1) is 10.1. The van der Waals surface area contributed by atoms with E-state index in [1.54, 1.807) is 6.07 Å². The summed E-state index contributed by atoms with van der Waals surface area (Å²) in [5.74, 6) is 0.796. The van der Waals surface area contributed by atoms with Crippen LogP contribution in [-0.2, 0) is 6.54 Å². The lowest BCUT2D eigenvalue weighted by atomic mass is 10.1. The number of benzene rings is 1. The number of rotatable bonds is 5. The van der Waals surface area contributed by atoms with Crippen molar-refractivity contribution in [2.75, 3.05) is 11.5 Å². The van der Waals surface area contributed by atoms with E-state index in [0.29, 0.717) is 22.8 Å². The van der Waals surface area contributed by atoms with Gasteiger partial charge in [-0.2, -0.15) is 0 Å². The van der Waals surface area contributed by atoms with Crippen LogP contribution >= 0.6 is 11.8 Å². The van der Waals surface area contributed by atoms with E-state index in [9.17, 15) is 0 Å². The Hall–Kier alpha value is -1.79. The van der Waals surface area contributed by atoms with Crippen LogP contribution in [0, 0.1) is 6.92 Å². The Balaban J connectivity index is 1.82. The zero-order valence-corrected chi connectivity index (χ0v) is 12.8. The second-order valence-electron chi connectivity index (χ2n) is 5.37. The fraction of sp³-hybridized carbons (Fsp3) is 0.333. The fourth-order valence-corrected chi connectivity index (χ4v) is 2.99. The largest absolute Gasteiger partial charge is 0.383 e. The molecule has 21 heavy (non-hydrogen) atoms. The minimum atomic E-state index is 0.398. The van der Waals surface area contributed by atoms with E-state index >= 15 is 0 Å². The maximum Gasteiger partial charge on any atom is 0.196 e. The molecule has 0 unspecified atom stereocenters. The summed E-state index contributed by atoms with van der Waals surface area (Å²) in [6.45, 7) is 2.97. The maximum absolute atomic E-state index is 5.73. The molecule has 1 aliphatic rings. The van der Waals surface area contributed by atoms with Crippen LogP contribution in [0.4, 0.5) is 11.6 Å². The molecule has 110 valence electrons. The molecule has 0 aliphatic heterocycles. The highest BCUT2D eigenvalue weighted by atomic mass is 32.2. The van der Waals surface area contributed by atoms with Gasteiger partial charge in [0.2, 0.25) is 0 Å². The Morgan fingerprint density at radius 2 is 1.90 bits per heavy atom. The van der Waals surface area contributed by atoms with Crippen LogP contribution in [-0.4, -0.2) is 16.0 Å². The lowest BCUT2D eigenvalue weighted by Gasteiger charge is -2.11. The summed E-state index contributed by atoms with van der Waals surface area (Å²) in [4.78, 5) is 9.60. The van der Waals surface area contributed by atoms with Crippen LogP contribution in [0.15, 0.2) is 34.3 Å². The van der Waals surface area contributed by atoms with Crippen LogP contribution in [0.1, 0.15) is 24.0 Å². The smallest absolute Gasteiger partial charge is 0.196 e. The summed E-state index contributed by atoms with van der Waals surface area (Å²) in [5.41, 5.74) is 14.0. The molecule has 1 aromatic heterocycles. The highest BCUT2D eigenvalue weighted by Gasteiger charge is 2.20. The summed E-state index contributed by atoms with van der Waals surface area (Å²) in [6, 6.07) is 8.65. The summed E-state index contributed by atoms with van der Waals surface area (Å²) < 4.78 is 0. The standard InChI is InChI=1S/C15H19N5S/c1-9-2-5-12(10(6-9)8-18-11-3-4-11)21-15-19-13(16)7-14(17)20-15/h2,5-7,11,18H,3-4,8H2,1H3,(H4,16,17,19,20). The molecule has 1 aliphatic carbocycles. The third-order valence-corrected chi connectivity index (χ3v) is 4.30. The van der Waals surface area contributed by atoms with Crippen molar-refractivity contribution in [3.8, 4) is 0 Å². The van der Waals surface area contributed by atoms with Gasteiger partial charge in [-0.25, -0.2) is 9.97 Å². The van der Waals surface area contributed by atoms with E-state index in [-0.39, 0.29) is 0 Å². The zero-order chi connectivity index (χ0) is 14.8. The van der Waals surface area contributed by atoms with Crippen molar-refractivity contribution in [2.24, 2.45) is 0 Å². The number of hydrogen-bond acceptors (Lipinski definition) is 6. The molecule has 6 heteroatoms. The summed E-state index contributed by atoms with van der Waals surface area (Å²) in [7, 11) is 0. The van der Waals surface area contributed by atoms with Crippen LogP contribution in [0.3, 0.4) is 0 Å². The Kier molecular flexibility index (Phi) is 3.98. The third-order valence-electron chi connectivity index (χ3n) is 3.32. The molecule has 0 saturated heterocycles. The number of hydrogen-bond donors (Lipinski definition) is 3. The van der Waals surface area contributed by atoms with Gasteiger partial charge in [-0.05, 0) is 43.2 Å². The van der Waals surface area contributed by atoms with Gasteiger partial charge in [-0.1, -0.05) is 17.7 Å². The molecule has 0 atom stereocenters. The number of nitrogens with two attached hydrogens (primary N) is 2. The van der Waals surface area contributed by atoms with Crippen LogP contribution in [0.5, 0.6) is 0 Å². The molecule has 1 aromatic carbocycles. The number of aryl methyl sites for hydroxylation is 1. The first-order valence-corrected chi connectivity index (χ1v) is 7.82. The highest BCUT2D eigenvalue weighted by Crippen LogP contribution is 2.30. The topological polar surface area (TPSA) is 89.8 Å². The van der Waals surface area contributed by atoms with Gasteiger partial charge >= 0.3 is 0 Å². The SMILES string of the molecule is Cc1ccc(Sc2nc(N)cc(N)n2)c(CNC2CC2)c1. The Morgan fingerprint density at radius 3 is 2.57 bits per heavy atom. The van der Waals surface area contributed by atoms with Gasteiger partial charge in [0.15, 0.2) is 5.16 Å². The average molecular weight is 301 g/mol. The second kappa shape index (κ2) is 5.91. The Labute approximate surface area is 128 Å². The predicted octanol–water partition coefficient (Wildman–Crippen LogP) is 2.35. The van der Waals surface area contributed by atoms with Gasteiger partial charge < -0.3 is 16.8 Å². The summed E-state index contributed by atoms with van der Waals surface area (Å²) >= 11 is 1.50. The first-order valence-electron chi connectivity index (χ1n) is 7.01. The van der Waals surface area contributed by atoms with Gasteiger partial charge in [-0.15, -0.1) is 0 Å². The fourth-order valence-electron chi connectivity index (χ4n) is 2.09. The summed E-state index contributed by atoms with van der Waals surface area (Å²) in [6.07, 6.45) is 2.56. The van der Waals surface area contributed by atoms with E-state index in [2.05, 4.69) is 40.4 Å². The van der Waals surface area contributed by atoms with E-state index in [1.165, 1.54) is 35.7 Å². The van der Waals surface area contributed by atoms with Gasteiger partial charge in [0.25, 0.3) is 0 Å². The minimum Gasteiger partial charge on any atom is -0.383 e. The van der Waals surface area contributed by atoms with Crippen molar-refractivity contribution in [1.82, 2.24) is 15.3 Å². The molecule has 0 radical (unpaired) electrons. The molecular formula is C15H19N5S. The minimum absolute atomic E-state index is 0.398. The van der Waals surface area contributed by atoms with Crippen LogP contribution in [0.25, 0.3) is 0 Å². The molecular weight excluding hydrogens is 282 g/mol. The number of aromatic nitrogens is 2. The number of anilines is 2. The molecule has 1 saturated carbocycles. The van der Waals surface area contributed by atoms with Gasteiger partial charge in [0.1, 0.15) is 11.6 Å². The van der Waals surface area contributed by atoms with Crippen molar-refractivity contribution in [3.05, 3.63) is 35.4 Å². The quantitative estimate of drug-likeness (QED) is 0.735. The molecule has 5 N–H and O–H groups in total. The molecule has 0 spiro atoms. The summed E-state index contributed by atoms with van der Waals surface area (Å²) in [5, 5.41) is 4.13. The zero-order valence-electron chi connectivity index (χ0n) is 12.0. The van der Waals surface area contributed by atoms with E-state index in [0.717, 1.165) is 11.4 Å². The number of nitrogens with zero attached hydrogens (tertiary/aromatic N) is 2. The van der Waals surface area contributed by atoms with E-state index < -0.39 is 0 Å². The lowest BCUT2D eigenvalue weighted by Crippen LogP contribution is -2.16. The number of nitrogen functional groups attached to an aromatic ring is 2. The average Bonchev–Trinajstić information content (AvgIpc) is 3.22. The highest BCUT2D eigenvalue weighted by molar-refractivity contribution is 7.99. The lowest BCUT2D eigenvalue weighted by molar-refractivity contribution is 0.680. The molecule has 5 nitrogen and oxygen atoms in total. The van der Waals surface area contributed by atoms with Gasteiger partial charge in [0.05, 0.1) is 0 Å². The monoisotopic (exact) mass is 301 g/mol. The number of nitrogens with one attached hydrogen (secondary N) is 1.